The summed E-state index contributed by atoms with van der Waals surface area (Å²) in [4.78, 5) is 25.1. The molecule has 0 aromatic carbocycles. The number of nitrogens with zero attached hydrogens (tertiary/aromatic N) is 2. The Morgan fingerprint density at radius 2 is 1.89 bits per heavy atom. The smallest absolute Gasteiger partial charge is 0.410 e. The van der Waals surface area contributed by atoms with Crippen molar-refractivity contribution < 1.29 is 14.3 Å². The third kappa shape index (κ3) is 3.09. The van der Waals surface area contributed by atoms with Gasteiger partial charge in [0.1, 0.15) is 11.3 Å². The summed E-state index contributed by atoms with van der Waals surface area (Å²) in [5.41, 5.74) is 2.23. The van der Waals surface area contributed by atoms with Crippen molar-refractivity contribution in [2.24, 2.45) is 0 Å². The molecule has 0 aliphatic carbocycles. The first-order valence-electron chi connectivity index (χ1n) is 6.52. The molecule has 2 rings (SSSR count). The Hall–Kier alpha value is -1.50. The summed E-state index contributed by atoms with van der Waals surface area (Å²) in [5.74, 6) is 0. The van der Waals surface area contributed by atoms with Crippen LogP contribution < -0.4 is 10.7 Å². The van der Waals surface area contributed by atoms with Crippen LogP contribution in [0.15, 0.2) is 0 Å². The normalized spacial score (nSPS) is 22.6. The van der Waals surface area contributed by atoms with Gasteiger partial charge in [-0.15, -0.1) is 0 Å². The number of amides is 3. The predicted octanol–water partition coefficient (Wildman–Crippen LogP) is 0.873. The summed E-state index contributed by atoms with van der Waals surface area (Å²) in [5, 5.41) is 4.37. The third-order valence-electron chi connectivity index (χ3n) is 3.30. The number of hydrazine groups is 1. The number of rotatable bonds is 0. The van der Waals surface area contributed by atoms with E-state index in [0.717, 1.165) is 0 Å². The van der Waals surface area contributed by atoms with Gasteiger partial charge in [-0.3, -0.25) is 5.01 Å². The molecule has 0 aromatic heterocycles. The maximum absolute atomic E-state index is 11.9. The summed E-state index contributed by atoms with van der Waals surface area (Å²) >= 11 is 0. The van der Waals surface area contributed by atoms with Gasteiger partial charge in [-0.25, -0.2) is 15.0 Å². The predicted molar refractivity (Wildman–Crippen MR) is 69.2 cm³/mol. The van der Waals surface area contributed by atoms with Crippen LogP contribution in [0.5, 0.6) is 0 Å². The highest BCUT2D eigenvalue weighted by molar-refractivity contribution is 5.76. The minimum absolute atomic E-state index is 0.134. The molecular weight excluding hydrogens is 248 g/mol. The minimum Gasteiger partial charge on any atom is -0.444 e. The molecule has 2 aliphatic rings. The van der Waals surface area contributed by atoms with Crippen molar-refractivity contribution in [3.8, 4) is 0 Å². The number of piperidine rings is 1. The maximum Gasteiger partial charge on any atom is 0.410 e. The molecule has 0 radical (unpaired) electrons. The number of urea groups is 1. The molecule has 0 atom stereocenters. The molecule has 2 heterocycles. The molecule has 2 aliphatic heterocycles. The zero-order valence-electron chi connectivity index (χ0n) is 11.9. The monoisotopic (exact) mass is 270 g/mol. The van der Waals surface area contributed by atoms with Crippen molar-refractivity contribution in [3.63, 3.8) is 0 Å². The largest absolute Gasteiger partial charge is 0.444 e. The fourth-order valence-electron chi connectivity index (χ4n) is 2.32. The first-order chi connectivity index (χ1) is 8.71. The Bertz CT molecular complexity index is 383. The molecule has 0 bridgehead atoms. The summed E-state index contributed by atoms with van der Waals surface area (Å²) in [6, 6.07) is -0.134. The van der Waals surface area contributed by atoms with Gasteiger partial charge >= 0.3 is 12.1 Å². The van der Waals surface area contributed by atoms with Crippen molar-refractivity contribution in [1.29, 1.82) is 0 Å². The summed E-state index contributed by atoms with van der Waals surface area (Å²) in [7, 11) is 1.68. The van der Waals surface area contributed by atoms with Gasteiger partial charge in [0, 0.05) is 33.0 Å². The molecule has 7 heteroatoms. The number of carbonyl (C=O) groups is 2. The van der Waals surface area contributed by atoms with Crippen molar-refractivity contribution in [2.75, 3.05) is 20.1 Å². The van der Waals surface area contributed by atoms with Gasteiger partial charge in [-0.2, -0.15) is 0 Å². The Kier molecular flexibility index (Phi) is 3.34. The van der Waals surface area contributed by atoms with E-state index in [-0.39, 0.29) is 12.1 Å². The maximum atomic E-state index is 11.9. The minimum atomic E-state index is -0.480. The molecule has 2 fully saturated rings. The van der Waals surface area contributed by atoms with Gasteiger partial charge in [-0.1, -0.05) is 0 Å². The number of ether oxygens (including phenoxy) is 1. The Balaban J connectivity index is 1.89. The third-order valence-corrected chi connectivity index (χ3v) is 3.30. The van der Waals surface area contributed by atoms with Gasteiger partial charge in [0.25, 0.3) is 0 Å². The first kappa shape index (κ1) is 13.9. The average Bonchev–Trinajstić information content (AvgIpc) is 2.52. The number of carbonyl (C=O) groups excluding carboxylic acids is 2. The summed E-state index contributed by atoms with van der Waals surface area (Å²) < 4.78 is 5.34. The van der Waals surface area contributed by atoms with Crippen LogP contribution >= 0.6 is 0 Å². The van der Waals surface area contributed by atoms with Crippen LogP contribution in [-0.2, 0) is 4.74 Å². The van der Waals surface area contributed by atoms with Crippen molar-refractivity contribution in [1.82, 2.24) is 20.7 Å². The average molecular weight is 270 g/mol. The lowest BCUT2D eigenvalue weighted by atomic mass is 9.98. The van der Waals surface area contributed by atoms with Crippen LogP contribution in [-0.4, -0.2) is 53.4 Å². The van der Waals surface area contributed by atoms with Crippen LogP contribution in [0.2, 0.25) is 0 Å². The fraction of sp³-hybridized carbons (Fsp3) is 0.833. The van der Waals surface area contributed by atoms with Gasteiger partial charge in [0.15, 0.2) is 0 Å². The lowest BCUT2D eigenvalue weighted by molar-refractivity contribution is 0.0126. The van der Waals surface area contributed by atoms with Crippen LogP contribution in [0.4, 0.5) is 9.59 Å². The molecule has 1 spiro atoms. The zero-order valence-corrected chi connectivity index (χ0v) is 11.9. The molecule has 3 amide bonds. The topological polar surface area (TPSA) is 73.9 Å². The quantitative estimate of drug-likeness (QED) is 0.685. The van der Waals surface area contributed by atoms with Crippen LogP contribution in [0, 0.1) is 0 Å². The van der Waals surface area contributed by atoms with E-state index in [9.17, 15) is 9.59 Å². The van der Waals surface area contributed by atoms with Crippen molar-refractivity contribution >= 4 is 12.1 Å². The second-order valence-corrected chi connectivity index (χ2v) is 6.15. The molecule has 0 saturated carbocycles. The fourth-order valence-corrected chi connectivity index (χ4v) is 2.32. The molecule has 0 unspecified atom stereocenters. The molecule has 7 nitrogen and oxygen atoms in total. The highest BCUT2D eigenvalue weighted by atomic mass is 16.6. The van der Waals surface area contributed by atoms with Gasteiger partial charge in [0.2, 0.25) is 0 Å². The van der Waals surface area contributed by atoms with E-state index in [1.807, 2.05) is 20.8 Å². The molecule has 2 saturated heterocycles. The van der Waals surface area contributed by atoms with Gasteiger partial charge in [0.05, 0.1) is 0 Å². The lowest BCUT2D eigenvalue weighted by Crippen LogP contribution is -2.58. The number of hydrogen-bond acceptors (Lipinski definition) is 4. The van der Waals surface area contributed by atoms with Crippen LogP contribution in [0.1, 0.15) is 33.6 Å². The van der Waals surface area contributed by atoms with Crippen LogP contribution in [0.3, 0.4) is 0 Å². The van der Waals surface area contributed by atoms with E-state index in [1.165, 1.54) is 5.01 Å². The van der Waals surface area contributed by atoms with Crippen LogP contribution in [0.25, 0.3) is 0 Å². The second kappa shape index (κ2) is 4.56. The molecular formula is C12H22N4O3. The highest BCUT2D eigenvalue weighted by Crippen LogP contribution is 2.24. The summed E-state index contributed by atoms with van der Waals surface area (Å²) in [6.45, 7) is 6.68. The molecule has 108 valence electrons. The Morgan fingerprint density at radius 3 is 2.32 bits per heavy atom. The van der Waals surface area contributed by atoms with E-state index in [4.69, 9.17) is 4.74 Å². The second-order valence-electron chi connectivity index (χ2n) is 6.15. The molecule has 0 aromatic rings. The standard InChI is InChI=1S/C12H22N4O3/c1-11(2,3)19-10(18)16-7-5-12(6-8-16)13-9(17)15(4)14-12/h14H,5-8H2,1-4H3,(H,13,17). The van der Waals surface area contributed by atoms with Gasteiger partial charge in [-0.05, 0) is 20.8 Å². The van der Waals surface area contributed by atoms with E-state index in [2.05, 4.69) is 10.7 Å². The molecule has 2 N–H and O–H groups in total. The summed E-state index contributed by atoms with van der Waals surface area (Å²) in [6.07, 6.45) is 1.05. The van der Waals surface area contributed by atoms with E-state index < -0.39 is 11.3 Å². The Morgan fingerprint density at radius 1 is 1.32 bits per heavy atom. The SMILES string of the molecule is CN1NC2(CCN(C(=O)OC(C)(C)C)CC2)NC1=O. The Labute approximate surface area is 113 Å². The zero-order chi connectivity index (χ0) is 14.3. The number of hydrogen-bond donors (Lipinski definition) is 2. The van der Waals surface area contributed by atoms with Crippen molar-refractivity contribution in [3.05, 3.63) is 0 Å². The first-order valence-corrected chi connectivity index (χ1v) is 6.52. The molecule has 19 heavy (non-hydrogen) atoms. The number of nitrogens with one attached hydrogen (secondary N) is 2. The van der Waals surface area contributed by atoms with Crippen molar-refractivity contribution in [2.45, 2.75) is 44.9 Å². The lowest BCUT2D eigenvalue weighted by Gasteiger charge is -2.39. The number of likely N-dealkylation sites (tertiary alicyclic amines) is 1. The van der Waals surface area contributed by atoms with E-state index >= 15 is 0 Å². The van der Waals surface area contributed by atoms with E-state index in [1.54, 1.807) is 11.9 Å². The van der Waals surface area contributed by atoms with E-state index in [0.29, 0.717) is 25.9 Å². The highest BCUT2D eigenvalue weighted by Gasteiger charge is 2.44. The van der Waals surface area contributed by atoms with Gasteiger partial charge < -0.3 is 15.0 Å².